The lowest BCUT2D eigenvalue weighted by Gasteiger charge is -2.16. The molecule has 0 atom stereocenters. The number of unbranched alkanes of at least 4 members (excludes halogenated alkanes) is 3. The molecule has 0 aromatic heterocycles. The van der Waals surface area contributed by atoms with E-state index >= 15 is 0 Å². The van der Waals surface area contributed by atoms with E-state index in [2.05, 4.69) is 58.0 Å². The van der Waals surface area contributed by atoms with Gasteiger partial charge in [-0.05, 0) is 71.6 Å². The van der Waals surface area contributed by atoms with E-state index in [9.17, 15) is 0 Å². The molecular weight excluding hydrogens is 426 g/mol. The van der Waals surface area contributed by atoms with Crippen LogP contribution < -0.4 is 4.74 Å². The molecule has 0 aliphatic rings. The van der Waals surface area contributed by atoms with E-state index in [0.29, 0.717) is 31.7 Å². The number of para-hydroxylation sites is 1. The van der Waals surface area contributed by atoms with Crippen LogP contribution in [-0.2, 0) is 11.2 Å². The third-order valence-corrected chi connectivity index (χ3v) is 5.84. The summed E-state index contributed by atoms with van der Waals surface area (Å²) in [6.45, 7) is 10.3. The minimum absolute atomic E-state index is 0.0194. The zero-order chi connectivity index (χ0) is 24.8. The molecular formula is C29H43NO4. The largest absolute Gasteiger partial charge is 0.491 e. The maximum Gasteiger partial charge on any atom is 0.122 e. The van der Waals surface area contributed by atoms with E-state index in [0.717, 1.165) is 54.7 Å². The Morgan fingerprint density at radius 2 is 1.53 bits per heavy atom. The number of benzene rings is 2. The lowest BCUT2D eigenvalue weighted by Crippen LogP contribution is -2.10. The van der Waals surface area contributed by atoms with Gasteiger partial charge >= 0.3 is 0 Å². The quantitative estimate of drug-likeness (QED) is 0.228. The molecule has 0 aliphatic carbocycles. The van der Waals surface area contributed by atoms with Crippen molar-refractivity contribution in [1.82, 2.24) is 0 Å². The monoisotopic (exact) mass is 469 g/mol. The van der Waals surface area contributed by atoms with Gasteiger partial charge in [-0.1, -0.05) is 58.7 Å². The molecule has 2 N–H and O–H groups in total. The van der Waals surface area contributed by atoms with Crippen molar-refractivity contribution in [2.75, 3.05) is 33.0 Å². The highest BCUT2D eigenvalue weighted by Gasteiger charge is 2.13. The average molecular weight is 470 g/mol. The van der Waals surface area contributed by atoms with Crippen molar-refractivity contribution in [1.29, 1.82) is 0 Å². The first-order valence-corrected chi connectivity index (χ1v) is 12.7. The number of hydrogen-bond acceptors (Lipinski definition) is 5. The molecule has 0 aliphatic heterocycles. The molecule has 0 amide bonds. The van der Waals surface area contributed by atoms with Gasteiger partial charge in [-0.3, -0.25) is 4.99 Å². The van der Waals surface area contributed by atoms with Crippen LogP contribution in [0.3, 0.4) is 0 Å². The molecule has 2 aromatic rings. The Kier molecular flexibility index (Phi) is 12.9. The fourth-order valence-corrected chi connectivity index (χ4v) is 3.97. The molecule has 0 radical (unpaired) electrons. The summed E-state index contributed by atoms with van der Waals surface area (Å²) in [5.74, 6) is 1.69. The first-order chi connectivity index (χ1) is 16.5. The van der Waals surface area contributed by atoms with Crippen molar-refractivity contribution in [2.45, 2.75) is 71.6 Å². The molecule has 0 fully saturated rings. The van der Waals surface area contributed by atoms with Gasteiger partial charge in [-0.25, -0.2) is 0 Å². The van der Waals surface area contributed by atoms with Crippen molar-refractivity contribution in [3.8, 4) is 5.75 Å². The first-order valence-electron chi connectivity index (χ1n) is 12.7. The number of rotatable bonds is 16. The van der Waals surface area contributed by atoms with Crippen LogP contribution in [0, 0.1) is 0 Å². The van der Waals surface area contributed by atoms with Crippen LogP contribution in [0.2, 0.25) is 0 Å². The summed E-state index contributed by atoms with van der Waals surface area (Å²) in [5.41, 5.74) is 5.85. The van der Waals surface area contributed by atoms with Gasteiger partial charge in [-0.2, -0.15) is 0 Å². The minimum Gasteiger partial charge on any atom is -0.491 e. The van der Waals surface area contributed by atoms with Gasteiger partial charge < -0.3 is 19.7 Å². The number of aryl methyl sites for hydroxylation is 1. The molecule has 0 bridgehead atoms. The van der Waals surface area contributed by atoms with Crippen LogP contribution >= 0.6 is 0 Å². The van der Waals surface area contributed by atoms with Crippen LogP contribution in [0.25, 0.3) is 0 Å². The van der Waals surface area contributed by atoms with Gasteiger partial charge in [0.1, 0.15) is 12.4 Å². The number of aliphatic imine (C=N–C) groups is 1. The third kappa shape index (κ3) is 9.21. The SMILES string of the molecule is CC(C)c1cccc(C(C)C)c1N=Cc1ccc(OCCOCCO)c(CCCCCCO)c1. The van der Waals surface area contributed by atoms with Crippen molar-refractivity contribution < 1.29 is 19.7 Å². The summed E-state index contributed by atoms with van der Waals surface area (Å²) < 4.78 is 11.3. The molecule has 0 saturated carbocycles. The Balaban J connectivity index is 2.23. The Labute approximate surface area is 205 Å². The number of nitrogens with zero attached hydrogens (tertiary/aromatic N) is 1. The standard InChI is InChI=1S/C29H43NO4/c1-22(2)26-11-9-12-27(23(3)4)29(26)30-21-24-13-14-28(34-19-18-33-17-16-32)25(20-24)10-7-5-6-8-15-31/h9,11-14,20-23,31-32H,5-8,10,15-19H2,1-4H3. The second kappa shape index (κ2) is 15.6. The molecule has 0 spiro atoms. The van der Waals surface area contributed by atoms with Crippen molar-refractivity contribution in [3.05, 3.63) is 58.7 Å². The third-order valence-electron chi connectivity index (χ3n) is 5.84. The Morgan fingerprint density at radius 1 is 0.824 bits per heavy atom. The van der Waals surface area contributed by atoms with E-state index in [4.69, 9.17) is 24.7 Å². The van der Waals surface area contributed by atoms with E-state index in [1.54, 1.807) is 0 Å². The van der Waals surface area contributed by atoms with E-state index in [1.165, 1.54) is 11.1 Å². The van der Waals surface area contributed by atoms with Gasteiger partial charge in [0.25, 0.3) is 0 Å². The Morgan fingerprint density at radius 3 is 2.18 bits per heavy atom. The summed E-state index contributed by atoms with van der Waals surface area (Å²) in [4.78, 5) is 4.97. The van der Waals surface area contributed by atoms with Crippen molar-refractivity contribution in [2.24, 2.45) is 4.99 Å². The summed E-state index contributed by atoms with van der Waals surface area (Å²) in [6, 6.07) is 12.7. The fraction of sp³-hybridized carbons (Fsp3) is 0.552. The summed E-state index contributed by atoms with van der Waals surface area (Å²) in [7, 11) is 0. The first kappa shape index (κ1) is 28.0. The summed E-state index contributed by atoms with van der Waals surface area (Å²) in [6.07, 6.45) is 6.90. The van der Waals surface area contributed by atoms with E-state index in [1.807, 2.05) is 12.3 Å². The zero-order valence-electron chi connectivity index (χ0n) is 21.4. The molecule has 5 heteroatoms. The van der Waals surface area contributed by atoms with Crippen LogP contribution in [0.4, 0.5) is 5.69 Å². The number of ether oxygens (including phenoxy) is 2. The van der Waals surface area contributed by atoms with Gasteiger partial charge in [0.15, 0.2) is 0 Å². The lowest BCUT2D eigenvalue weighted by molar-refractivity contribution is 0.0703. The lowest BCUT2D eigenvalue weighted by atomic mass is 9.93. The maximum absolute atomic E-state index is 9.02. The van der Waals surface area contributed by atoms with Gasteiger partial charge in [-0.15, -0.1) is 0 Å². The highest BCUT2D eigenvalue weighted by atomic mass is 16.5. The normalized spacial score (nSPS) is 11.8. The molecule has 34 heavy (non-hydrogen) atoms. The highest BCUT2D eigenvalue weighted by molar-refractivity contribution is 5.83. The Hall–Kier alpha value is -2.21. The number of aliphatic hydroxyl groups excluding tert-OH is 2. The molecule has 0 saturated heterocycles. The van der Waals surface area contributed by atoms with Crippen LogP contribution in [0.15, 0.2) is 41.4 Å². The fourth-order valence-electron chi connectivity index (χ4n) is 3.97. The number of aliphatic hydroxyl groups is 2. The highest BCUT2D eigenvalue weighted by Crippen LogP contribution is 2.34. The average Bonchev–Trinajstić information content (AvgIpc) is 2.82. The predicted molar refractivity (Wildman–Crippen MR) is 141 cm³/mol. The zero-order valence-corrected chi connectivity index (χ0v) is 21.4. The van der Waals surface area contributed by atoms with Gasteiger partial charge in [0.05, 0.1) is 25.5 Å². The Bertz CT molecular complexity index is 850. The molecule has 2 aromatic carbocycles. The van der Waals surface area contributed by atoms with Crippen LogP contribution in [0.5, 0.6) is 5.75 Å². The second-order valence-electron chi connectivity index (χ2n) is 9.29. The van der Waals surface area contributed by atoms with Gasteiger partial charge in [0, 0.05) is 12.8 Å². The molecule has 0 heterocycles. The molecule has 5 nitrogen and oxygen atoms in total. The molecule has 0 unspecified atom stereocenters. The van der Waals surface area contributed by atoms with Gasteiger partial charge in [0.2, 0.25) is 0 Å². The summed E-state index contributed by atoms with van der Waals surface area (Å²) in [5, 5.41) is 17.9. The second-order valence-corrected chi connectivity index (χ2v) is 9.29. The van der Waals surface area contributed by atoms with E-state index < -0.39 is 0 Å². The molecule has 188 valence electrons. The topological polar surface area (TPSA) is 71.3 Å². The smallest absolute Gasteiger partial charge is 0.122 e. The molecule has 2 rings (SSSR count). The number of hydrogen-bond donors (Lipinski definition) is 2. The van der Waals surface area contributed by atoms with Crippen LogP contribution in [-0.4, -0.2) is 49.5 Å². The minimum atomic E-state index is 0.0194. The van der Waals surface area contributed by atoms with Crippen molar-refractivity contribution >= 4 is 11.9 Å². The maximum atomic E-state index is 9.02. The van der Waals surface area contributed by atoms with Crippen LogP contribution in [0.1, 0.15) is 87.5 Å². The van der Waals surface area contributed by atoms with E-state index in [-0.39, 0.29) is 13.2 Å². The predicted octanol–water partition coefficient (Wildman–Crippen LogP) is 6.17. The van der Waals surface area contributed by atoms with Crippen molar-refractivity contribution in [3.63, 3.8) is 0 Å². The summed E-state index contributed by atoms with van der Waals surface area (Å²) >= 11 is 0.